The van der Waals surface area contributed by atoms with Crippen molar-refractivity contribution < 1.29 is 9.53 Å². The Bertz CT molecular complexity index is 454. The van der Waals surface area contributed by atoms with Crippen LogP contribution in [-0.2, 0) is 4.74 Å². The van der Waals surface area contributed by atoms with Gasteiger partial charge in [-0.2, -0.15) is 0 Å². The van der Waals surface area contributed by atoms with E-state index < -0.39 is 0 Å². The number of carbonyl (C=O) groups excluding carboxylic acids is 1. The SMILES string of the molecule is CC(C)c1cccc(N(C)C(=O)NC[C@H]2CCCO2)c1. The number of nitrogens with one attached hydrogen (secondary N) is 1. The summed E-state index contributed by atoms with van der Waals surface area (Å²) in [6.45, 7) is 5.70. The quantitative estimate of drug-likeness (QED) is 0.918. The zero-order chi connectivity index (χ0) is 14.5. The van der Waals surface area contributed by atoms with E-state index in [1.54, 1.807) is 11.9 Å². The molecule has 20 heavy (non-hydrogen) atoms. The molecule has 0 spiro atoms. The summed E-state index contributed by atoms with van der Waals surface area (Å²) in [6, 6.07) is 8.02. The maximum atomic E-state index is 12.1. The van der Waals surface area contributed by atoms with Crippen LogP contribution in [0.25, 0.3) is 0 Å². The second-order valence-corrected chi connectivity index (χ2v) is 5.63. The van der Waals surface area contributed by atoms with Gasteiger partial charge in [0.05, 0.1) is 6.10 Å². The molecule has 4 nitrogen and oxygen atoms in total. The van der Waals surface area contributed by atoms with Crippen LogP contribution in [-0.4, -0.2) is 32.3 Å². The molecule has 0 bridgehead atoms. The molecule has 0 aliphatic carbocycles. The van der Waals surface area contributed by atoms with E-state index in [9.17, 15) is 4.79 Å². The van der Waals surface area contributed by atoms with Gasteiger partial charge in [0, 0.05) is 25.9 Å². The molecule has 1 saturated heterocycles. The summed E-state index contributed by atoms with van der Waals surface area (Å²) in [4.78, 5) is 13.8. The Kier molecular flexibility index (Phi) is 5.01. The van der Waals surface area contributed by atoms with E-state index in [4.69, 9.17) is 4.74 Å². The zero-order valence-corrected chi connectivity index (χ0v) is 12.6. The van der Waals surface area contributed by atoms with Gasteiger partial charge in [0.25, 0.3) is 0 Å². The summed E-state index contributed by atoms with van der Waals surface area (Å²) >= 11 is 0. The number of carbonyl (C=O) groups is 1. The van der Waals surface area contributed by atoms with Crippen molar-refractivity contribution in [1.29, 1.82) is 0 Å². The Balaban J connectivity index is 1.93. The minimum absolute atomic E-state index is 0.0820. The minimum atomic E-state index is -0.0820. The van der Waals surface area contributed by atoms with E-state index in [0.29, 0.717) is 12.5 Å². The van der Waals surface area contributed by atoms with Crippen LogP contribution in [0, 0.1) is 0 Å². The average molecular weight is 276 g/mol. The van der Waals surface area contributed by atoms with Crippen LogP contribution >= 0.6 is 0 Å². The second kappa shape index (κ2) is 6.75. The van der Waals surface area contributed by atoms with E-state index >= 15 is 0 Å². The van der Waals surface area contributed by atoms with Gasteiger partial charge in [0.15, 0.2) is 0 Å². The highest BCUT2D eigenvalue weighted by molar-refractivity contribution is 5.91. The van der Waals surface area contributed by atoms with Crippen molar-refractivity contribution in [3.05, 3.63) is 29.8 Å². The topological polar surface area (TPSA) is 41.6 Å². The van der Waals surface area contributed by atoms with Gasteiger partial charge in [-0.05, 0) is 36.5 Å². The molecule has 0 saturated carbocycles. The van der Waals surface area contributed by atoms with Crippen LogP contribution in [0.15, 0.2) is 24.3 Å². The Labute approximate surface area is 121 Å². The van der Waals surface area contributed by atoms with Gasteiger partial charge in [-0.25, -0.2) is 4.79 Å². The first-order valence-corrected chi connectivity index (χ1v) is 7.31. The number of nitrogens with zero attached hydrogens (tertiary/aromatic N) is 1. The highest BCUT2D eigenvalue weighted by Crippen LogP contribution is 2.21. The molecule has 2 amide bonds. The lowest BCUT2D eigenvalue weighted by Gasteiger charge is -2.20. The summed E-state index contributed by atoms with van der Waals surface area (Å²) in [7, 11) is 1.80. The summed E-state index contributed by atoms with van der Waals surface area (Å²) in [5.41, 5.74) is 2.15. The van der Waals surface area contributed by atoms with Crippen LogP contribution in [0.4, 0.5) is 10.5 Å². The van der Waals surface area contributed by atoms with Crippen molar-refractivity contribution in [2.24, 2.45) is 0 Å². The maximum Gasteiger partial charge on any atom is 0.321 e. The molecule has 1 N–H and O–H groups in total. The van der Waals surface area contributed by atoms with Gasteiger partial charge >= 0.3 is 6.03 Å². The number of hydrogen-bond donors (Lipinski definition) is 1. The molecule has 1 fully saturated rings. The molecule has 1 aliphatic rings. The molecule has 1 atom stereocenters. The van der Waals surface area contributed by atoms with Crippen molar-refractivity contribution in [1.82, 2.24) is 5.32 Å². The first-order valence-electron chi connectivity index (χ1n) is 7.31. The van der Waals surface area contributed by atoms with Crippen LogP contribution in [0.3, 0.4) is 0 Å². The van der Waals surface area contributed by atoms with E-state index in [0.717, 1.165) is 25.1 Å². The standard InChI is InChI=1S/C16H24N2O2/c1-12(2)13-6-4-7-14(10-13)18(3)16(19)17-11-15-8-5-9-20-15/h4,6-7,10,12,15H,5,8-9,11H2,1-3H3,(H,17,19)/t15-/m1/s1. The number of benzene rings is 1. The Morgan fingerprint density at radius 3 is 2.95 bits per heavy atom. The van der Waals surface area contributed by atoms with E-state index in [1.165, 1.54) is 5.56 Å². The summed E-state index contributed by atoms with van der Waals surface area (Å²) in [6.07, 6.45) is 2.30. The minimum Gasteiger partial charge on any atom is -0.376 e. The third kappa shape index (κ3) is 3.73. The molecular weight excluding hydrogens is 252 g/mol. The number of rotatable bonds is 4. The van der Waals surface area contributed by atoms with Crippen LogP contribution in [0.2, 0.25) is 0 Å². The fourth-order valence-electron chi connectivity index (χ4n) is 2.33. The van der Waals surface area contributed by atoms with Gasteiger partial charge < -0.3 is 10.1 Å². The number of hydrogen-bond acceptors (Lipinski definition) is 2. The normalized spacial score (nSPS) is 18.3. The summed E-state index contributed by atoms with van der Waals surface area (Å²) in [5.74, 6) is 0.457. The highest BCUT2D eigenvalue weighted by Gasteiger charge is 2.18. The molecule has 1 aliphatic heterocycles. The van der Waals surface area contributed by atoms with Gasteiger partial charge in [-0.3, -0.25) is 4.90 Å². The van der Waals surface area contributed by atoms with Gasteiger partial charge in [-0.1, -0.05) is 26.0 Å². The Hall–Kier alpha value is -1.55. The molecule has 0 aromatic heterocycles. The van der Waals surface area contributed by atoms with Gasteiger partial charge in [0.1, 0.15) is 0 Å². The lowest BCUT2D eigenvalue weighted by atomic mass is 10.0. The number of amides is 2. The first kappa shape index (κ1) is 14.9. The Morgan fingerprint density at radius 2 is 2.30 bits per heavy atom. The van der Waals surface area contributed by atoms with Crippen LogP contribution in [0.5, 0.6) is 0 Å². The zero-order valence-electron chi connectivity index (χ0n) is 12.6. The van der Waals surface area contributed by atoms with Crippen LogP contribution < -0.4 is 10.2 Å². The predicted molar refractivity (Wildman–Crippen MR) is 81.3 cm³/mol. The monoisotopic (exact) mass is 276 g/mol. The molecule has 1 heterocycles. The van der Waals surface area contributed by atoms with Crippen molar-refractivity contribution in [3.63, 3.8) is 0 Å². The second-order valence-electron chi connectivity index (χ2n) is 5.63. The highest BCUT2D eigenvalue weighted by atomic mass is 16.5. The summed E-state index contributed by atoms with van der Waals surface area (Å²) < 4.78 is 5.51. The van der Waals surface area contributed by atoms with Crippen molar-refractivity contribution >= 4 is 11.7 Å². The fraction of sp³-hybridized carbons (Fsp3) is 0.562. The Morgan fingerprint density at radius 1 is 1.50 bits per heavy atom. The average Bonchev–Trinajstić information content (AvgIpc) is 2.97. The van der Waals surface area contributed by atoms with E-state index in [2.05, 4.69) is 31.3 Å². The molecular formula is C16H24N2O2. The lowest BCUT2D eigenvalue weighted by Crippen LogP contribution is -2.40. The van der Waals surface area contributed by atoms with Crippen molar-refractivity contribution in [2.45, 2.75) is 38.7 Å². The maximum absolute atomic E-state index is 12.1. The van der Waals surface area contributed by atoms with Gasteiger partial charge in [-0.15, -0.1) is 0 Å². The van der Waals surface area contributed by atoms with E-state index in [-0.39, 0.29) is 12.1 Å². The molecule has 0 unspecified atom stereocenters. The van der Waals surface area contributed by atoms with Crippen molar-refractivity contribution in [2.75, 3.05) is 25.1 Å². The first-order chi connectivity index (χ1) is 9.58. The molecule has 110 valence electrons. The van der Waals surface area contributed by atoms with Gasteiger partial charge in [0.2, 0.25) is 0 Å². The third-order valence-corrected chi connectivity index (χ3v) is 3.73. The number of anilines is 1. The fourth-order valence-corrected chi connectivity index (χ4v) is 2.33. The molecule has 2 rings (SSSR count). The molecule has 1 aromatic rings. The molecule has 1 aromatic carbocycles. The molecule has 4 heteroatoms. The van der Waals surface area contributed by atoms with E-state index in [1.807, 2.05) is 12.1 Å². The van der Waals surface area contributed by atoms with Crippen LogP contribution in [0.1, 0.15) is 38.2 Å². The summed E-state index contributed by atoms with van der Waals surface area (Å²) in [5, 5.41) is 2.93. The predicted octanol–water partition coefficient (Wildman–Crippen LogP) is 3.13. The number of ether oxygens (including phenoxy) is 1. The largest absolute Gasteiger partial charge is 0.376 e. The van der Waals surface area contributed by atoms with Crippen molar-refractivity contribution in [3.8, 4) is 0 Å². The molecule has 0 radical (unpaired) electrons. The third-order valence-electron chi connectivity index (χ3n) is 3.73. The smallest absolute Gasteiger partial charge is 0.321 e. The number of urea groups is 1. The lowest BCUT2D eigenvalue weighted by molar-refractivity contribution is 0.111.